The highest BCUT2D eigenvalue weighted by molar-refractivity contribution is 7.98. The van der Waals surface area contributed by atoms with Crippen LogP contribution in [0.4, 0.5) is 8.78 Å². The number of hydrogen-bond acceptors (Lipinski definition) is 2. The summed E-state index contributed by atoms with van der Waals surface area (Å²) in [5.74, 6) is -0.230. The lowest BCUT2D eigenvalue weighted by atomic mass is 10.1. The molecule has 2 aromatic rings. The Kier molecular flexibility index (Phi) is 3.96. The van der Waals surface area contributed by atoms with E-state index in [1.54, 1.807) is 18.2 Å². The minimum atomic E-state index is -0.517. The van der Waals surface area contributed by atoms with Crippen LogP contribution in [0.2, 0.25) is 0 Å². The van der Waals surface area contributed by atoms with Crippen molar-refractivity contribution in [3.05, 3.63) is 65.2 Å². The van der Waals surface area contributed by atoms with E-state index >= 15 is 0 Å². The zero-order valence-electron chi connectivity index (χ0n) is 9.36. The number of hydrogen-bond donors (Lipinski definition) is 0. The van der Waals surface area contributed by atoms with Crippen LogP contribution in [0, 0.1) is 23.0 Å². The standard InChI is InChI=1S/C14H9F2NS/c15-12-2-1-3-13(7-12)18-9-10-4-5-14(16)11(6-10)8-17/h1-7H,9H2. The molecule has 0 bridgehead atoms. The normalized spacial score (nSPS) is 10.1. The van der Waals surface area contributed by atoms with Crippen LogP contribution >= 0.6 is 11.8 Å². The molecule has 0 aliphatic heterocycles. The summed E-state index contributed by atoms with van der Waals surface area (Å²) in [6.45, 7) is 0. The highest BCUT2D eigenvalue weighted by atomic mass is 32.2. The van der Waals surface area contributed by atoms with Crippen LogP contribution in [0.25, 0.3) is 0 Å². The molecule has 0 heterocycles. The summed E-state index contributed by atoms with van der Waals surface area (Å²) in [4.78, 5) is 0.804. The molecule has 0 aromatic heterocycles. The molecule has 0 N–H and O–H groups in total. The molecule has 0 aliphatic carbocycles. The van der Waals surface area contributed by atoms with Crippen molar-refractivity contribution < 1.29 is 8.78 Å². The van der Waals surface area contributed by atoms with Crippen molar-refractivity contribution in [3.63, 3.8) is 0 Å². The number of nitrogens with zero attached hydrogens (tertiary/aromatic N) is 1. The summed E-state index contributed by atoms with van der Waals surface area (Å²) in [6.07, 6.45) is 0. The fraction of sp³-hybridized carbons (Fsp3) is 0.0714. The molecule has 1 nitrogen and oxygen atoms in total. The monoisotopic (exact) mass is 261 g/mol. The van der Waals surface area contributed by atoms with Gasteiger partial charge < -0.3 is 0 Å². The Labute approximate surface area is 108 Å². The zero-order chi connectivity index (χ0) is 13.0. The Morgan fingerprint density at radius 1 is 1.11 bits per heavy atom. The fourth-order valence-corrected chi connectivity index (χ4v) is 2.35. The molecular formula is C14H9F2NS. The lowest BCUT2D eigenvalue weighted by molar-refractivity contribution is 0.623. The molecule has 0 fully saturated rings. The van der Waals surface area contributed by atoms with Gasteiger partial charge in [0.05, 0.1) is 5.56 Å². The third-order valence-electron chi connectivity index (χ3n) is 2.35. The molecule has 2 rings (SSSR count). The molecule has 0 radical (unpaired) electrons. The lowest BCUT2D eigenvalue weighted by Crippen LogP contribution is -1.87. The Bertz CT molecular complexity index is 605. The summed E-state index contributed by atoms with van der Waals surface area (Å²) >= 11 is 1.44. The Morgan fingerprint density at radius 2 is 1.94 bits per heavy atom. The fourth-order valence-electron chi connectivity index (χ4n) is 1.47. The smallest absolute Gasteiger partial charge is 0.140 e. The van der Waals surface area contributed by atoms with E-state index in [-0.39, 0.29) is 11.4 Å². The molecule has 90 valence electrons. The van der Waals surface area contributed by atoms with Gasteiger partial charge in [-0.3, -0.25) is 0 Å². The van der Waals surface area contributed by atoms with Crippen LogP contribution in [-0.4, -0.2) is 0 Å². The number of benzene rings is 2. The van der Waals surface area contributed by atoms with Crippen LogP contribution in [0.1, 0.15) is 11.1 Å². The zero-order valence-corrected chi connectivity index (χ0v) is 10.2. The van der Waals surface area contributed by atoms with Gasteiger partial charge in [0.15, 0.2) is 0 Å². The van der Waals surface area contributed by atoms with E-state index in [0.717, 1.165) is 10.5 Å². The first-order chi connectivity index (χ1) is 8.69. The van der Waals surface area contributed by atoms with Gasteiger partial charge in [-0.2, -0.15) is 5.26 Å². The van der Waals surface area contributed by atoms with Crippen molar-refractivity contribution in [2.24, 2.45) is 0 Å². The molecule has 0 spiro atoms. The van der Waals surface area contributed by atoms with E-state index in [0.29, 0.717) is 5.75 Å². The van der Waals surface area contributed by atoms with Gasteiger partial charge in [0, 0.05) is 10.6 Å². The van der Waals surface area contributed by atoms with Crippen molar-refractivity contribution in [2.45, 2.75) is 10.6 Å². The molecule has 0 amide bonds. The van der Waals surface area contributed by atoms with Crippen LogP contribution in [-0.2, 0) is 5.75 Å². The Balaban J connectivity index is 2.09. The number of rotatable bonds is 3. The van der Waals surface area contributed by atoms with Crippen molar-refractivity contribution in [3.8, 4) is 6.07 Å². The predicted octanol–water partition coefficient (Wildman–Crippen LogP) is 4.13. The maximum Gasteiger partial charge on any atom is 0.140 e. The topological polar surface area (TPSA) is 23.8 Å². The van der Waals surface area contributed by atoms with Crippen LogP contribution in [0.15, 0.2) is 47.4 Å². The van der Waals surface area contributed by atoms with Gasteiger partial charge >= 0.3 is 0 Å². The van der Waals surface area contributed by atoms with Gasteiger partial charge in [0.1, 0.15) is 17.7 Å². The van der Waals surface area contributed by atoms with E-state index in [9.17, 15) is 8.78 Å². The van der Waals surface area contributed by atoms with Gasteiger partial charge in [-0.15, -0.1) is 11.8 Å². The molecule has 0 saturated carbocycles. The van der Waals surface area contributed by atoms with E-state index < -0.39 is 5.82 Å². The number of thioether (sulfide) groups is 1. The highest BCUT2D eigenvalue weighted by Crippen LogP contribution is 2.24. The predicted molar refractivity (Wildman–Crippen MR) is 67.1 cm³/mol. The second kappa shape index (κ2) is 5.65. The van der Waals surface area contributed by atoms with E-state index in [1.165, 1.54) is 36.0 Å². The first kappa shape index (κ1) is 12.6. The molecular weight excluding hydrogens is 252 g/mol. The number of nitriles is 1. The average Bonchev–Trinajstić information content (AvgIpc) is 2.38. The van der Waals surface area contributed by atoms with E-state index in [1.807, 2.05) is 6.07 Å². The van der Waals surface area contributed by atoms with Crippen molar-refractivity contribution >= 4 is 11.8 Å². The van der Waals surface area contributed by atoms with Gasteiger partial charge in [-0.1, -0.05) is 12.1 Å². The Hall–Kier alpha value is -1.86. The van der Waals surface area contributed by atoms with Crippen LogP contribution < -0.4 is 0 Å². The number of halogens is 2. The molecule has 0 atom stereocenters. The second-order valence-corrected chi connectivity index (χ2v) is 4.72. The molecule has 18 heavy (non-hydrogen) atoms. The quantitative estimate of drug-likeness (QED) is 0.776. The Morgan fingerprint density at radius 3 is 2.67 bits per heavy atom. The third kappa shape index (κ3) is 3.08. The SMILES string of the molecule is N#Cc1cc(CSc2cccc(F)c2)ccc1F. The molecule has 2 aromatic carbocycles. The van der Waals surface area contributed by atoms with Crippen molar-refractivity contribution in [1.29, 1.82) is 5.26 Å². The summed E-state index contributed by atoms with van der Waals surface area (Å²) in [5, 5.41) is 8.72. The second-order valence-electron chi connectivity index (χ2n) is 3.67. The van der Waals surface area contributed by atoms with Crippen molar-refractivity contribution in [2.75, 3.05) is 0 Å². The van der Waals surface area contributed by atoms with E-state index in [4.69, 9.17) is 5.26 Å². The van der Waals surface area contributed by atoms with Gasteiger partial charge in [0.25, 0.3) is 0 Å². The lowest BCUT2D eigenvalue weighted by Gasteiger charge is -2.03. The molecule has 0 unspecified atom stereocenters. The summed E-state index contributed by atoms with van der Waals surface area (Å²) in [5.41, 5.74) is 0.870. The average molecular weight is 261 g/mol. The van der Waals surface area contributed by atoms with Crippen LogP contribution in [0.3, 0.4) is 0 Å². The highest BCUT2D eigenvalue weighted by Gasteiger charge is 2.03. The van der Waals surface area contributed by atoms with Crippen LogP contribution in [0.5, 0.6) is 0 Å². The molecule has 0 aliphatic rings. The maximum atomic E-state index is 13.1. The third-order valence-corrected chi connectivity index (χ3v) is 3.42. The van der Waals surface area contributed by atoms with Gasteiger partial charge in [-0.05, 0) is 35.9 Å². The summed E-state index contributed by atoms with van der Waals surface area (Å²) in [7, 11) is 0. The maximum absolute atomic E-state index is 13.1. The molecule has 4 heteroatoms. The minimum Gasteiger partial charge on any atom is -0.207 e. The summed E-state index contributed by atoms with van der Waals surface area (Å²) < 4.78 is 26.1. The van der Waals surface area contributed by atoms with E-state index in [2.05, 4.69) is 0 Å². The largest absolute Gasteiger partial charge is 0.207 e. The van der Waals surface area contributed by atoms with Gasteiger partial charge in [0.2, 0.25) is 0 Å². The minimum absolute atomic E-state index is 0.0346. The first-order valence-electron chi connectivity index (χ1n) is 5.26. The summed E-state index contributed by atoms with van der Waals surface area (Å²) in [6, 6.07) is 12.5. The van der Waals surface area contributed by atoms with Gasteiger partial charge in [-0.25, -0.2) is 8.78 Å². The molecule has 0 saturated heterocycles. The first-order valence-corrected chi connectivity index (χ1v) is 6.24. The van der Waals surface area contributed by atoms with Crippen molar-refractivity contribution in [1.82, 2.24) is 0 Å².